The first kappa shape index (κ1) is 20.0. The van der Waals surface area contributed by atoms with Crippen LogP contribution < -0.4 is 10.1 Å². The van der Waals surface area contributed by atoms with E-state index in [1.165, 1.54) is 11.1 Å². The van der Waals surface area contributed by atoms with Crippen LogP contribution in [0.2, 0.25) is 0 Å². The minimum absolute atomic E-state index is 0.340. The number of thiazole rings is 1. The van der Waals surface area contributed by atoms with E-state index in [4.69, 9.17) is 4.74 Å². The molecular formula is C23H27N3O2S. The minimum atomic E-state index is -0.340. The lowest BCUT2D eigenvalue weighted by molar-refractivity contribution is 0.105. The van der Waals surface area contributed by atoms with Gasteiger partial charge in [0.2, 0.25) is 0 Å². The SMILES string of the molecule is CNC[C@@H](O)CN1CCc2c(cccc2OCc2ccc(-c3nccs3)cc2)C1. The first-order valence-electron chi connectivity index (χ1n) is 10.0. The van der Waals surface area contributed by atoms with Crippen molar-refractivity contribution in [1.29, 1.82) is 0 Å². The Morgan fingerprint density at radius 1 is 1.24 bits per heavy atom. The third kappa shape index (κ3) is 5.03. The molecular weight excluding hydrogens is 382 g/mol. The molecule has 0 unspecified atom stereocenters. The molecule has 6 heteroatoms. The van der Waals surface area contributed by atoms with Gasteiger partial charge in [-0.15, -0.1) is 11.3 Å². The summed E-state index contributed by atoms with van der Waals surface area (Å²) in [7, 11) is 1.87. The summed E-state index contributed by atoms with van der Waals surface area (Å²) in [5.41, 5.74) is 4.88. The van der Waals surface area contributed by atoms with Crippen LogP contribution in [0.3, 0.4) is 0 Å². The summed E-state index contributed by atoms with van der Waals surface area (Å²) >= 11 is 1.65. The largest absolute Gasteiger partial charge is 0.489 e. The van der Waals surface area contributed by atoms with Crippen LogP contribution in [-0.4, -0.2) is 47.8 Å². The topological polar surface area (TPSA) is 57.6 Å². The highest BCUT2D eigenvalue weighted by Crippen LogP contribution is 2.29. The molecule has 0 bridgehead atoms. The van der Waals surface area contributed by atoms with Crippen molar-refractivity contribution < 1.29 is 9.84 Å². The number of hydrogen-bond donors (Lipinski definition) is 2. The first-order valence-corrected chi connectivity index (χ1v) is 10.9. The van der Waals surface area contributed by atoms with Gasteiger partial charge in [0.05, 0.1) is 6.10 Å². The number of fused-ring (bicyclic) bond motifs is 1. The summed E-state index contributed by atoms with van der Waals surface area (Å²) in [5, 5.41) is 16.1. The fraction of sp³-hybridized carbons (Fsp3) is 0.348. The fourth-order valence-corrected chi connectivity index (χ4v) is 4.44. The summed E-state index contributed by atoms with van der Waals surface area (Å²) in [6.45, 7) is 3.66. The van der Waals surface area contributed by atoms with Crippen LogP contribution in [0, 0.1) is 0 Å². The standard InChI is InChI=1S/C23H27N3O2S/c1-24-13-20(27)15-26-11-9-21-19(14-26)3-2-4-22(21)28-16-17-5-7-18(8-6-17)23-25-10-12-29-23/h2-8,10,12,20,24,27H,9,11,13-16H2,1H3/t20-/m1/s1. The molecule has 0 saturated heterocycles. The number of benzene rings is 2. The van der Waals surface area contributed by atoms with Gasteiger partial charge in [-0.05, 0) is 36.2 Å². The number of β-amino-alcohol motifs (C(OH)–C–C–N with tert-alkyl or cyclic N) is 1. The predicted molar refractivity (Wildman–Crippen MR) is 117 cm³/mol. The van der Waals surface area contributed by atoms with Gasteiger partial charge in [0.15, 0.2) is 0 Å². The Morgan fingerprint density at radius 2 is 2.10 bits per heavy atom. The van der Waals surface area contributed by atoms with Gasteiger partial charge in [0.25, 0.3) is 0 Å². The van der Waals surface area contributed by atoms with Gasteiger partial charge in [-0.3, -0.25) is 4.90 Å². The molecule has 1 aromatic heterocycles. The summed E-state index contributed by atoms with van der Waals surface area (Å²) in [4.78, 5) is 6.67. The zero-order valence-corrected chi connectivity index (χ0v) is 17.5. The third-order valence-electron chi connectivity index (χ3n) is 5.24. The number of nitrogens with one attached hydrogen (secondary N) is 1. The molecule has 0 saturated carbocycles. The third-order valence-corrected chi connectivity index (χ3v) is 6.06. The smallest absolute Gasteiger partial charge is 0.123 e. The monoisotopic (exact) mass is 409 g/mol. The molecule has 29 heavy (non-hydrogen) atoms. The molecule has 1 aliphatic rings. The second-order valence-corrected chi connectivity index (χ2v) is 8.31. The molecule has 2 heterocycles. The molecule has 2 aromatic carbocycles. The van der Waals surface area contributed by atoms with Gasteiger partial charge in [-0.25, -0.2) is 4.98 Å². The first-order chi connectivity index (χ1) is 14.2. The molecule has 0 spiro atoms. The van der Waals surface area contributed by atoms with E-state index in [1.807, 2.05) is 18.6 Å². The number of hydrogen-bond acceptors (Lipinski definition) is 6. The number of nitrogens with zero attached hydrogens (tertiary/aromatic N) is 2. The normalized spacial score (nSPS) is 15.1. The molecule has 3 aromatic rings. The van der Waals surface area contributed by atoms with Crippen molar-refractivity contribution in [1.82, 2.24) is 15.2 Å². The number of likely N-dealkylation sites (N-methyl/N-ethyl adjacent to an activating group) is 1. The Hall–Kier alpha value is -2.25. The molecule has 0 fully saturated rings. The Balaban J connectivity index is 1.38. The summed E-state index contributed by atoms with van der Waals surface area (Å²) in [6.07, 6.45) is 2.44. The lowest BCUT2D eigenvalue weighted by Crippen LogP contribution is -2.40. The van der Waals surface area contributed by atoms with Gasteiger partial charge in [-0.1, -0.05) is 36.4 Å². The average molecular weight is 410 g/mol. The maximum absolute atomic E-state index is 10.1. The van der Waals surface area contributed by atoms with E-state index < -0.39 is 0 Å². The van der Waals surface area contributed by atoms with Crippen LogP contribution in [0.1, 0.15) is 16.7 Å². The lowest BCUT2D eigenvalue weighted by Gasteiger charge is -2.31. The molecule has 4 rings (SSSR count). The Labute approximate surface area is 176 Å². The predicted octanol–water partition coefficient (Wildman–Crippen LogP) is 3.33. The quantitative estimate of drug-likeness (QED) is 0.598. The lowest BCUT2D eigenvalue weighted by atomic mass is 9.98. The van der Waals surface area contributed by atoms with E-state index in [9.17, 15) is 5.11 Å². The van der Waals surface area contributed by atoms with Crippen LogP contribution in [0.25, 0.3) is 10.6 Å². The zero-order chi connectivity index (χ0) is 20.1. The highest BCUT2D eigenvalue weighted by Gasteiger charge is 2.21. The molecule has 0 aliphatic carbocycles. The maximum Gasteiger partial charge on any atom is 0.123 e. The highest BCUT2D eigenvalue weighted by molar-refractivity contribution is 7.13. The summed E-state index contributed by atoms with van der Waals surface area (Å²) < 4.78 is 6.19. The molecule has 2 N–H and O–H groups in total. The van der Waals surface area contributed by atoms with Crippen LogP contribution in [-0.2, 0) is 19.6 Å². The number of aromatic nitrogens is 1. The zero-order valence-electron chi connectivity index (χ0n) is 16.7. The molecule has 1 atom stereocenters. The molecule has 0 amide bonds. The van der Waals surface area contributed by atoms with Crippen LogP contribution in [0.15, 0.2) is 54.0 Å². The molecule has 152 valence electrons. The fourth-order valence-electron chi connectivity index (χ4n) is 3.79. The second-order valence-electron chi connectivity index (χ2n) is 7.41. The molecule has 1 aliphatic heterocycles. The van der Waals surface area contributed by atoms with Gasteiger partial charge >= 0.3 is 0 Å². The van der Waals surface area contributed by atoms with E-state index in [1.54, 1.807) is 11.3 Å². The Morgan fingerprint density at radius 3 is 2.86 bits per heavy atom. The Kier molecular flexibility index (Phi) is 6.56. The van der Waals surface area contributed by atoms with E-state index >= 15 is 0 Å². The molecule has 5 nitrogen and oxygen atoms in total. The number of aliphatic hydroxyl groups is 1. The second kappa shape index (κ2) is 9.50. The van der Waals surface area contributed by atoms with E-state index in [2.05, 4.69) is 57.7 Å². The summed E-state index contributed by atoms with van der Waals surface area (Å²) in [5.74, 6) is 0.974. The van der Waals surface area contributed by atoms with Gasteiger partial charge in [0.1, 0.15) is 17.4 Å². The van der Waals surface area contributed by atoms with E-state index in [-0.39, 0.29) is 6.10 Å². The van der Waals surface area contributed by atoms with Gasteiger partial charge in [0, 0.05) is 43.3 Å². The number of rotatable bonds is 8. The van der Waals surface area contributed by atoms with Crippen molar-refractivity contribution in [2.24, 2.45) is 0 Å². The van der Waals surface area contributed by atoms with Crippen molar-refractivity contribution in [3.8, 4) is 16.3 Å². The number of aliphatic hydroxyl groups excluding tert-OH is 1. The van der Waals surface area contributed by atoms with Gasteiger partial charge < -0.3 is 15.2 Å². The summed E-state index contributed by atoms with van der Waals surface area (Å²) in [6, 6.07) is 14.7. The van der Waals surface area contributed by atoms with E-state index in [0.29, 0.717) is 19.7 Å². The Bertz CT molecular complexity index is 912. The molecule has 0 radical (unpaired) electrons. The van der Waals surface area contributed by atoms with Gasteiger partial charge in [-0.2, -0.15) is 0 Å². The van der Waals surface area contributed by atoms with Crippen LogP contribution in [0.4, 0.5) is 0 Å². The minimum Gasteiger partial charge on any atom is -0.489 e. The maximum atomic E-state index is 10.1. The average Bonchev–Trinajstić information content (AvgIpc) is 3.27. The van der Waals surface area contributed by atoms with Crippen LogP contribution in [0.5, 0.6) is 5.75 Å². The van der Waals surface area contributed by atoms with Crippen molar-refractivity contribution >= 4 is 11.3 Å². The van der Waals surface area contributed by atoms with Crippen molar-refractivity contribution in [3.05, 3.63) is 70.7 Å². The highest BCUT2D eigenvalue weighted by atomic mass is 32.1. The van der Waals surface area contributed by atoms with Crippen molar-refractivity contribution in [2.45, 2.75) is 25.7 Å². The van der Waals surface area contributed by atoms with Crippen LogP contribution >= 0.6 is 11.3 Å². The van der Waals surface area contributed by atoms with Crippen molar-refractivity contribution in [2.75, 3.05) is 26.7 Å². The van der Waals surface area contributed by atoms with E-state index in [0.717, 1.165) is 41.4 Å². The number of ether oxygens (including phenoxy) is 1. The van der Waals surface area contributed by atoms with Crippen molar-refractivity contribution in [3.63, 3.8) is 0 Å².